The standard InChI is InChI=1S/C14H20N4O/c1-4-10-11(8-15)13(18-17-12(10)5-2)16-14(3)6-7-19-9-14/h4-7,9H2,1-3H3,(H,16,18). The van der Waals surface area contributed by atoms with Gasteiger partial charge in [0, 0.05) is 6.61 Å². The number of rotatable bonds is 4. The van der Waals surface area contributed by atoms with Gasteiger partial charge < -0.3 is 10.1 Å². The fourth-order valence-corrected chi connectivity index (χ4v) is 2.43. The first-order valence-corrected chi connectivity index (χ1v) is 6.78. The van der Waals surface area contributed by atoms with E-state index in [1.807, 2.05) is 13.8 Å². The van der Waals surface area contributed by atoms with Crippen molar-refractivity contribution in [3.05, 3.63) is 16.8 Å². The smallest absolute Gasteiger partial charge is 0.167 e. The zero-order valence-corrected chi connectivity index (χ0v) is 11.8. The molecule has 1 unspecified atom stereocenters. The molecule has 19 heavy (non-hydrogen) atoms. The summed E-state index contributed by atoms with van der Waals surface area (Å²) in [6.45, 7) is 7.54. The molecule has 2 heterocycles. The van der Waals surface area contributed by atoms with Crippen LogP contribution in [0.15, 0.2) is 0 Å². The number of ether oxygens (including phenoxy) is 1. The molecule has 5 nitrogen and oxygen atoms in total. The highest BCUT2D eigenvalue weighted by molar-refractivity contribution is 5.57. The van der Waals surface area contributed by atoms with Crippen molar-refractivity contribution in [3.8, 4) is 6.07 Å². The van der Waals surface area contributed by atoms with Gasteiger partial charge in [0.25, 0.3) is 0 Å². The van der Waals surface area contributed by atoms with Gasteiger partial charge in [-0.15, -0.1) is 5.10 Å². The highest BCUT2D eigenvalue weighted by atomic mass is 16.5. The van der Waals surface area contributed by atoms with E-state index in [1.54, 1.807) is 0 Å². The Kier molecular flexibility index (Phi) is 4.01. The van der Waals surface area contributed by atoms with Crippen molar-refractivity contribution in [3.63, 3.8) is 0 Å². The predicted molar refractivity (Wildman–Crippen MR) is 73.0 cm³/mol. The number of hydrogen-bond donors (Lipinski definition) is 1. The molecule has 0 aliphatic carbocycles. The summed E-state index contributed by atoms with van der Waals surface area (Å²) in [5.74, 6) is 0.588. The fraction of sp³-hybridized carbons (Fsp3) is 0.643. The molecule has 1 atom stereocenters. The van der Waals surface area contributed by atoms with Crippen molar-refractivity contribution in [1.82, 2.24) is 10.2 Å². The molecule has 1 aromatic heterocycles. The third kappa shape index (κ3) is 2.69. The Labute approximate surface area is 114 Å². The minimum atomic E-state index is -0.154. The molecule has 1 aliphatic heterocycles. The van der Waals surface area contributed by atoms with Crippen molar-refractivity contribution in [1.29, 1.82) is 5.26 Å². The molecule has 1 aromatic rings. The number of nitriles is 1. The van der Waals surface area contributed by atoms with Crippen LogP contribution in [0.25, 0.3) is 0 Å². The number of aryl methyl sites for hydroxylation is 1. The maximum Gasteiger partial charge on any atom is 0.167 e. The maximum absolute atomic E-state index is 9.42. The fourth-order valence-electron chi connectivity index (χ4n) is 2.43. The molecule has 1 saturated heterocycles. The van der Waals surface area contributed by atoms with Crippen molar-refractivity contribution in [2.45, 2.75) is 45.6 Å². The van der Waals surface area contributed by atoms with Gasteiger partial charge in [0.15, 0.2) is 5.82 Å². The van der Waals surface area contributed by atoms with Gasteiger partial charge >= 0.3 is 0 Å². The van der Waals surface area contributed by atoms with E-state index in [1.165, 1.54) is 0 Å². The van der Waals surface area contributed by atoms with Gasteiger partial charge in [-0.1, -0.05) is 13.8 Å². The van der Waals surface area contributed by atoms with Gasteiger partial charge in [-0.2, -0.15) is 10.4 Å². The first kappa shape index (κ1) is 13.8. The van der Waals surface area contributed by atoms with Crippen LogP contribution < -0.4 is 5.32 Å². The summed E-state index contributed by atoms with van der Waals surface area (Å²) in [6, 6.07) is 2.28. The first-order valence-electron chi connectivity index (χ1n) is 6.78. The summed E-state index contributed by atoms with van der Waals surface area (Å²) < 4.78 is 5.41. The summed E-state index contributed by atoms with van der Waals surface area (Å²) >= 11 is 0. The lowest BCUT2D eigenvalue weighted by Crippen LogP contribution is -2.36. The van der Waals surface area contributed by atoms with Crippen molar-refractivity contribution in [2.75, 3.05) is 18.5 Å². The summed E-state index contributed by atoms with van der Waals surface area (Å²) in [6.07, 6.45) is 2.51. The van der Waals surface area contributed by atoms with Crippen LogP contribution in [0, 0.1) is 11.3 Å². The van der Waals surface area contributed by atoms with Crippen molar-refractivity contribution >= 4 is 5.82 Å². The predicted octanol–water partition coefficient (Wildman–Crippen LogP) is 2.06. The average molecular weight is 260 g/mol. The zero-order chi connectivity index (χ0) is 13.9. The third-order valence-corrected chi connectivity index (χ3v) is 3.60. The van der Waals surface area contributed by atoms with E-state index in [0.29, 0.717) is 18.0 Å². The Morgan fingerprint density at radius 2 is 2.16 bits per heavy atom. The minimum absolute atomic E-state index is 0.154. The van der Waals surface area contributed by atoms with Gasteiger partial charge in [0.1, 0.15) is 11.6 Å². The van der Waals surface area contributed by atoms with Gasteiger partial charge in [-0.05, 0) is 31.7 Å². The number of nitrogens with zero attached hydrogens (tertiary/aromatic N) is 3. The highest BCUT2D eigenvalue weighted by Gasteiger charge is 2.31. The summed E-state index contributed by atoms with van der Waals surface area (Å²) in [5.41, 5.74) is 2.39. The van der Waals surface area contributed by atoms with E-state index in [9.17, 15) is 5.26 Å². The molecule has 5 heteroatoms. The maximum atomic E-state index is 9.42. The summed E-state index contributed by atoms with van der Waals surface area (Å²) in [4.78, 5) is 0. The Morgan fingerprint density at radius 3 is 2.68 bits per heavy atom. The lowest BCUT2D eigenvalue weighted by atomic mass is 9.99. The molecule has 0 bridgehead atoms. The highest BCUT2D eigenvalue weighted by Crippen LogP contribution is 2.26. The second-order valence-corrected chi connectivity index (χ2v) is 5.16. The Hall–Kier alpha value is -1.67. The molecule has 0 amide bonds. The molecular weight excluding hydrogens is 240 g/mol. The largest absolute Gasteiger partial charge is 0.379 e. The Bertz CT molecular complexity index is 501. The summed E-state index contributed by atoms with van der Waals surface area (Å²) in [5, 5.41) is 21.2. The van der Waals surface area contributed by atoms with Crippen LogP contribution in [0.1, 0.15) is 44.0 Å². The van der Waals surface area contributed by atoms with Crippen LogP contribution in [-0.4, -0.2) is 29.0 Å². The van der Waals surface area contributed by atoms with Gasteiger partial charge in [0.05, 0.1) is 17.8 Å². The molecule has 1 fully saturated rings. The van der Waals surface area contributed by atoms with E-state index in [4.69, 9.17) is 4.74 Å². The molecule has 1 aliphatic rings. The molecular formula is C14H20N4O. The second-order valence-electron chi connectivity index (χ2n) is 5.16. The van der Waals surface area contributed by atoms with E-state index in [-0.39, 0.29) is 5.54 Å². The molecule has 0 spiro atoms. The van der Waals surface area contributed by atoms with Crippen molar-refractivity contribution in [2.24, 2.45) is 0 Å². The van der Waals surface area contributed by atoms with Crippen LogP contribution in [-0.2, 0) is 17.6 Å². The molecule has 0 aromatic carbocycles. The van der Waals surface area contributed by atoms with E-state index in [0.717, 1.165) is 37.1 Å². The number of nitrogens with one attached hydrogen (secondary N) is 1. The summed E-state index contributed by atoms with van der Waals surface area (Å²) in [7, 11) is 0. The van der Waals surface area contributed by atoms with Crippen LogP contribution in [0.3, 0.4) is 0 Å². The lowest BCUT2D eigenvalue weighted by molar-refractivity contribution is 0.185. The normalized spacial score (nSPS) is 22.2. The zero-order valence-electron chi connectivity index (χ0n) is 11.8. The number of anilines is 1. The first-order chi connectivity index (χ1) is 9.13. The van der Waals surface area contributed by atoms with Gasteiger partial charge in [-0.25, -0.2) is 0 Å². The molecule has 2 rings (SSSR count). The SMILES string of the molecule is CCc1nnc(NC2(C)CCOC2)c(C#N)c1CC. The van der Waals surface area contributed by atoms with E-state index in [2.05, 4.69) is 28.5 Å². The second kappa shape index (κ2) is 5.54. The molecule has 102 valence electrons. The quantitative estimate of drug-likeness (QED) is 0.897. The average Bonchev–Trinajstić information content (AvgIpc) is 2.84. The van der Waals surface area contributed by atoms with E-state index >= 15 is 0 Å². The molecule has 1 N–H and O–H groups in total. The number of aromatic nitrogens is 2. The number of hydrogen-bond acceptors (Lipinski definition) is 5. The lowest BCUT2D eigenvalue weighted by Gasteiger charge is -2.25. The third-order valence-electron chi connectivity index (χ3n) is 3.60. The topological polar surface area (TPSA) is 70.8 Å². The van der Waals surface area contributed by atoms with Crippen LogP contribution >= 0.6 is 0 Å². The minimum Gasteiger partial charge on any atom is -0.379 e. The van der Waals surface area contributed by atoms with Gasteiger partial charge in [0.2, 0.25) is 0 Å². The Balaban J connectivity index is 2.38. The van der Waals surface area contributed by atoms with Crippen LogP contribution in [0.2, 0.25) is 0 Å². The molecule has 0 saturated carbocycles. The monoisotopic (exact) mass is 260 g/mol. The van der Waals surface area contributed by atoms with Crippen LogP contribution in [0.4, 0.5) is 5.82 Å². The van der Waals surface area contributed by atoms with Crippen LogP contribution in [0.5, 0.6) is 0 Å². The van der Waals surface area contributed by atoms with Gasteiger partial charge in [-0.3, -0.25) is 0 Å². The Morgan fingerprint density at radius 1 is 1.37 bits per heavy atom. The molecule has 0 radical (unpaired) electrons. The van der Waals surface area contributed by atoms with Crippen molar-refractivity contribution < 1.29 is 4.74 Å². The van der Waals surface area contributed by atoms with E-state index < -0.39 is 0 Å².